The molecule has 27 heavy (non-hydrogen) atoms. The number of sulfonamides is 1. The molecule has 0 amide bonds. The van der Waals surface area contributed by atoms with Gasteiger partial charge in [0.05, 0.1) is 29.0 Å². The number of rotatable bonds is 6. The molecule has 1 atom stereocenters. The Morgan fingerprint density at radius 1 is 1.15 bits per heavy atom. The molecule has 10 heteroatoms. The van der Waals surface area contributed by atoms with Crippen LogP contribution in [0.1, 0.15) is 17.2 Å². The maximum Gasteiger partial charge on any atom is 0.416 e. The number of hydrogen-bond acceptors (Lipinski definition) is 5. The maximum absolute atomic E-state index is 12.7. The largest absolute Gasteiger partial charge is 0.472 e. The summed E-state index contributed by atoms with van der Waals surface area (Å²) in [5, 5.41) is 0. The Morgan fingerprint density at radius 3 is 2.37 bits per heavy atom. The first-order valence-electron chi connectivity index (χ1n) is 8.28. The van der Waals surface area contributed by atoms with Crippen molar-refractivity contribution in [2.24, 2.45) is 0 Å². The third kappa shape index (κ3) is 5.07. The predicted molar refractivity (Wildman–Crippen MR) is 97.0 cm³/mol. The lowest BCUT2D eigenvalue weighted by molar-refractivity contribution is -0.137. The number of nitrogens with zero attached hydrogens (tertiary/aromatic N) is 1. The molecule has 148 valence electrons. The van der Waals surface area contributed by atoms with Gasteiger partial charge in [0.25, 0.3) is 0 Å². The molecule has 0 radical (unpaired) electrons. The Hall–Kier alpha value is -1.49. The van der Waals surface area contributed by atoms with Crippen LogP contribution in [-0.2, 0) is 16.2 Å². The molecule has 0 aliphatic carbocycles. The van der Waals surface area contributed by atoms with Crippen molar-refractivity contribution in [2.75, 3.05) is 31.1 Å². The summed E-state index contributed by atoms with van der Waals surface area (Å²) in [6.45, 7) is 1.75. The molecule has 1 saturated heterocycles. The van der Waals surface area contributed by atoms with Gasteiger partial charge < -0.3 is 4.42 Å². The molecule has 3 rings (SSSR count). The summed E-state index contributed by atoms with van der Waals surface area (Å²) in [4.78, 5) is 1.98. The van der Waals surface area contributed by atoms with Crippen LogP contribution in [0.5, 0.6) is 0 Å². The fraction of sp³-hybridized carbons (Fsp3) is 0.412. The van der Waals surface area contributed by atoms with Gasteiger partial charge in [-0.05, 0) is 30.3 Å². The van der Waals surface area contributed by atoms with Gasteiger partial charge in [-0.2, -0.15) is 24.9 Å². The van der Waals surface area contributed by atoms with Crippen molar-refractivity contribution in [1.29, 1.82) is 0 Å². The minimum atomic E-state index is -4.51. The highest BCUT2D eigenvalue weighted by Gasteiger charge is 2.31. The maximum atomic E-state index is 12.7. The van der Waals surface area contributed by atoms with Gasteiger partial charge in [-0.25, -0.2) is 13.1 Å². The van der Waals surface area contributed by atoms with E-state index in [9.17, 15) is 21.6 Å². The summed E-state index contributed by atoms with van der Waals surface area (Å²) in [7, 11) is -3.93. The Kier molecular flexibility index (Phi) is 6.19. The summed E-state index contributed by atoms with van der Waals surface area (Å²) in [5.41, 5.74) is -0.0273. The molecule has 2 heterocycles. The van der Waals surface area contributed by atoms with Crippen LogP contribution in [0, 0.1) is 0 Å². The van der Waals surface area contributed by atoms with Crippen molar-refractivity contribution in [1.82, 2.24) is 9.62 Å². The van der Waals surface area contributed by atoms with Gasteiger partial charge in [0.2, 0.25) is 10.0 Å². The summed E-state index contributed by atoms with van der Waals surface area (Å²) < 4.78 is 70.6. The van der Waals surface area contributed by atoms with E-state index in [2.05, 4.69) is 9.62 Å². The van der Waals surface area contributed by atoms with E-state index in [0.717, 1.165) is 54.4 Å². The molecule has 1 fully saturated rings. The fourth-order valence-corrected chi connectivity index (χ4v) is 4.88. The van der Waals surface area contributed by atoms with Crippen molar-refractivity contribution < 1.29 is 26.0 Å². The van der Waals surface area contributed by atoms with E-state index in [1.54, 1.807) is 12.3 Å². The third-order valence-electron chi connectivity index (χ3n) is 4.37. The van der Waals surface area contributed by atoms with Crippen LogP contribution in [-0.4, -0.2) is 44.5 Å². The van der Waals surface area contributed by atoms with Crippen LogP contribution in [0.25, 0.3) is 0 Å². The summed E-state index contributed by atoms with van der Waals surface area (Å²) in [6, 6.07) is 5.06. The predicted octanol–water partition coefficient (Wildman–Crippen LogP) is 3.37. The van der Waals surface area contributed by atoms with E-state index >= 15 is 0 Å². The second-order valence-electron chi connectivity index (χ2n) is 6.09. The first-order chi connectivity index (χ1) is 12.8. The van der Waals surface area contributed by atoms with Gasteiger partial charge >= 0.3 is 6.18 Å². The first kappa shape index (κ1) is 20.2. The van der Waals surface area contributed by atoms with E-state index in [-0.39, 0.29) is 17.5 Å². The average Bonchev–Trinajstić information content (AvgIpc) is 3.16. The molecule has 0 unspecified atom stereocenters. The lowest BCUT2D eigenvalue weighted by atomic mass is 10.1. The van der Waals surface area contributed by atoms with Crippen molar-refractivity contribution in [2.45, 2.75) is 17.1 Å². The lowest BCUT2D eigenvalue weighted by Crippen LogP contribution is -2.41. The SMILES string of the molecule is O=S(=O)(NC[C@@H](c1ccoc1)N1CCSCC1)c1ccc(C(F)(F)F)cc1. The fourth-order valence-electron chi connectivity index (χ4n) is 2.91. The van der Waals surface area contributed by atoms with Crippen molar-refractivity contribution in [3.63, 3.8) is 0 Å². The first-order valence-corrected chi connectivity index (χ1v) is 10.9. The van der Waals surface area contributed by atoms with E-state index in [1.807, 2.05) is 11.8 Å². The zero-order valence-corrected chi connectivity index (χ0v) is 15.9. The second-order valence-corrected chi connectivity index (χ2v) is 9.09. The van der Waals surface area contributed by atoms with Crippen molar-refractivity contribution in [3.8, 4) is 0 Å². The Bertz CT molecular complexity index is 831. The smallest absolute Gasteiger partial charge is 0.416 e. The van der Waals surface area contributed by atoms with Crippen LogP contribution in [0.2, 0.25) is 0 Å². The quantitative estimate of drug-likeness (QED) is 0.777. The number of nitrogens with one attached hydrogen (secondary N) is 1. The van der Waals surface area contributed by atoms with Crippen LogP contribution < -0.4 is 4.72 Å². The van der Waals surface area contributed by atoms with Crippen LogP contribution >= 0.6 is 11.8 Å². The topological polar surface area (TPSA) is 62.6 Å². The molecule has 0 spiro atoms. The number of furan rings is 1. The third-order valence-corrected chi connectivity index (χ3v) is 6.76. The highest BCUT2D eigenvalue weighted by atomic mass is 32.2. The minimum Gasteiger partial charge on any atom is -0.472 e. The van der Waals surface area contributed by atoms with E-state index in [1.165, 1.54) is 6.26 Å². The van der Waals surface area contributed by atoms with Gasteiger partial charge in [-0.3, -0.25) is 4.90 Å². The summed E-state index contributed by atoms with van der Waals surface area (Å²) in [5.74, 6) is 1.92. The van der Waals surface area contributed by atoms with Gasteiger partial charge in [0, 0.05) is 36.7 Å². The molecule has 0 saturated carbocycles. The number of benzene rings is 1. The molecule has 0 bridgehead atoms. The number of alkyl halides is 3. The molecular formula is C17H19F3N2O3S2. The highest BCUT2D eigenvalue weighted by Crippen LogP contribution is 2.30. The summed E-state index contributed by atoms with van der Waals surface area (Å²) in [6.07, 6.45) is -1.39. The molecule has 1 N–H and O–H groups in total. The van der Waals surface area contributed by atoms with Crippen molar-refractivity contribution >= 4 is 21.8 Å². The van der Waals surface area contributed by atoms with Crippen LogP contribution in [0.15, 0.2) is 52.2 Å². The van der Waals surface area contributed by atoms with Gasteiger partial charge in [0.15, 0.2) is 0 Å². The van der Waals surface area contributed by atoms with E-state index < -0.39 is 21.8 Å². The van der Waals surface area contributed by atoms with Gasteiger partial charge in [-0.1, -0.05) is 0 Å². The lowest BCUT2D eigenvalue weighted by Gasteiger charge is -2.33. The molecule has 1 aromatic heterocycles. The number of hydrogen-bond donors (Lipinski definition) is 1. The van der Waals surface area contributed by atoms with Crippen molar-refractivity contribution in [3.05, 3.63) is 54.0 Å². The Balaban J connectivity index is 1.73. The molecular weight excluding hydrogens is 401 g/mol. The number of halogens is 3. The molecule has 1 aromatic carbocycles. The normalized spacial score (nSPS) is 17.7. The Labute approximate surface area is 160 Å². The Morgan fingerprint density at radius 2 is 1.81 bits per heavy atom. The van der Waals surface area contributed by atoms with E-state index in [4.69, 9.17) is 4.42 Å². The summed E-state index contributed by atoms with van der Waals surface area (Å²) >= 11 is 1.84. The zero-order valence-electron chi connectivity index (χ0n) is 14.3. The monoisotopic (exact) mass is 420 g/mol. The van der Waals surface area contributed by atoms with E-state index in [0.29, 0.717) is 0 Å². The second kappa shape index (κ2) is 8.26. The van der Waals surface area contributed by atoms with Gasteiger partial charge in [-0.15, -0.1) is 0 Å². The average molecular weight is 420 g/mol. The molecule has 2 aromatic rings. The van der Waals surface area contributed by atoms with Crippen LogP contribution in [0.3, 0.4) is 0 Å². The van der Waals surface area contributed by atoms with Crippen LogP contribution in [0.4, 0.5) is 13.2 Å². The highest BCUT2D eigenvalue weighted by molar-refractivity contribution is 7.99. The molecule has 1 aliphatic heterocycles. The minimum absolute atomic E-state index is 0.105. The van der Waals surface area contributed by atoms with Gasteiger partial charge in [0.1, 0.15) is 0 Å². The zero-order chi connectivity index (χ0) is 19.5. The molecule has 1 aliphatic rings. The molecule has 5 nitrogen and oxygen atoms in total. The number of thioether (sulfide) groups is 1. The standard InChI is InChI=1S/C17H19F3N2O3S2/c18-17(19,20)14-1-3-15(4-2-14)27(23,24)21-11-16(13-5-8-25-12-13)22-6-9-26-10-7-22/h1-5,8,12,16,21H,6-7,9-11H2/t16-/m0/s1.